The molecule has 3 heterocycles. The molecule has 5 nitrogen and oxygen atoms in total. The molecule has 3 aromatic heterocycles. The number of pyridine rings is 1. The third kappa shape index (κ3) is 4.23. The van der Waals surface area contributed by atoms with E-state index in [1.54, 1.807) is 17.4 Å². The predicted octanol–water partition coefficient (Wildman–Crippen LogP) is 4.97. The van der Waals surface area contributed by atoms with Gasteiger partial charge in [0.25, 0.3) is 0 Å². The Morgan fingerprint density at radius 3 is 3.08 bits per heavy atom. The van der Waals surface area contributed by atoms with E-state index in [4.69, 9.17) is 26.5 Å². The van der Waals surface area contributed by atoms with Gasteiger partial charge in [-0.3, -0.25) is 0 Å². The summed E-state index contributed by atoms with van der Waals surface area (Å²) in [6.45, 7) is 1.24. The fraction of sp³-hybridized carbons (Fsp3) is 0.389. The monoisotopic (exact) mass is 455 g/mol. The van der Waals surface area contributed by atoms with Gasteiger partial charge in [0.05, 0.1) is 22.9 Å². The van der Waals surface area contributed by atoms with E-state index in [0.717, 1.165) is 28.8 Å². The number of thiophene rings is 1. The quantitative estimate of drug-likeness (QED) is 0.468. The van der Waals surface area contributed by atoms with Gasteiger partial charge in [-0.2, -0.15) is 0 Å². The van der Waals surface area contributed by atoms with Crippen LogP contribution in [0.3, 0.4) is 0 Å². The van der Waals surface area contributed by atoms with E-state index in [-0.39, 0.29) is 6.04 Å². The number of anilines is 1. The number of nitrogens with zero attached hydrogens (tertiary/aromatic N) is 1. The molecule has 3 N–H and O–H groups in total. The van der Waals surface area contributed by atoms with Crippen LogP contribution in [-0.4, -0.2) is 23.7 Å². The van der Waals surface area contributed by atoms with Gasteiger partial charge in [0.15, 0.2) is 5.58 Å². The Kier molecular flexibility index (Phi) is 5.52. The van der Waals surface area contributed by atoms with E-state index in [2.05, 4.69) is 37.7 Å². The van der Waals surface area contributed by atoms with Gasteiger partial charge in [-0.05, 0) is 40.2 Å². The van der Waals surface area contributed by atoms with Gasteiger partial charge in [-0.25, -0.2) is 4.98 Å². The average Bonchev–Trinajstić information content (AvgIpc) is 3.21. The third-order valence-corrected chi connectivity index (χ3v) is 6.06. The highest BCUT2D eigenvalue weighted by atomic mass is 79.9. The molecule has 3 aromatic rings. The van der Waals surface area contributed by atoms with Gasteiger partial charge in [-0.15, -0.1) is 11.3 Å². The zero-order valence-corrected chi connectivity index (χ0v) is 17.2. The summed E-state index contributed by atoms with van der Waals surface area (Å²) in [6, 6.07) is 5.78. The molecule has 1 aliphatic carbocycles. The molecule has 8 heteroatoms. The highest BCUT2D eigenvalue weighted by molar-refractivity contribution is 9.10. The van der Waals surface area contributed by atoms with Gasteiger partial charge in [0, 0.05) is 30.0 Å². The summed E-state index contributed by atoms with van der Waals surface area (Å²) in [5.74, 6) is 0.765. The number of nitrogens with one attached hydrogen (secondary N) is 1. The normalized spacial score (nSPS) is 15.5. The van der Waals surface area contributed by atoms with Crippen molar-refractivity contribution in [2.45, 2.75) is 38.0 Å². The Labute approximate surface area is 169 Å². The second kappa shape index (κ2) is 7.86. The lowest BCUT2D eigenvalue weighted by Crippen LogP contribution is -2.29. The van der Waals surface area contributed by atoms with Gasteiger partial charge in [-0.1, -0.05) is 17.7 Å². The molecule has 0 amide bonds. The minimum Gasteiger partial charge on any atom is -0.456 e. The molecule has 4 rings (SSSR count). The molecule has 0 aromatic carbocycles. The Hall–Kier alpha value is -1.12. The van der Waals surface area contributed by atoms with Gasteiger partial charge >= 0.3 is 0 Å². The van der Waals surface area contributed by atoms with Crippen molar-refractivity contribution in [3.63, 3.8) is 0 Å². The maximum Gasteiger partial charge on any atom is 0.177 e. The molecule has 1 atom stereocenters. The number of fused-ring (bicyclic) bond motifs is 1. The van der Waals surface area contributed by atoms with Crippen LogP contribution < -0.4 is 11.1 Å². The van der Waals surface area contributed by atoms with Crippen LogP contribution in [0.25, 0.3) is 11.1 Å². The van der Waals surface area contributed by atoms with Crippen LogP contribution in [0.15, 0.2) is 32.5 Å². The number of hydrogen-bond acceptors (Lipinski definition) is 6. The molecule has 138 valence electrons. The Morgan fingerprint density at radius 1 is 1.50 bits per heavy atom. The summed E-state index contributed by atoms with van der Waals surface area (Å²) in [7, 11) is 0. The van der Waals surface area contributed by atoms with Crippen LogP contribution in [0.4, 0.5) is 5.69 Å². The number of rotatable bonds is 8. The van der Waals surface area contributed by atoms with Crippen molar-refractivity contribution in [2.75, 3.05) is 11.9 Å². The summed E-state index contributed by atoms with van der Waals surface area (Å²) in [4.78, 5) is 5.64. The fourth-order valence-corrected chi connectivity index (χ4v) is 4.05. The number of halogens is 2. The second-order valence-electron chi connectivity index (χ2n) is 6.44. The Bertz CT molecular complexity index is 896. The summed E-state index contributed by atoms with van der Waals surface area (Å²) < 4.78 is 12.6. The number of nitrogens with two attached hydrogens (primary N) is 1. The molecule has 0 bridgehead atoms. The summed E-state index contributed by atoms with van der Waals surface area (Å²) >= 11 is 11.5. The summed E-state index contributed by atoms with van der Waals surface area (Å²) in [6.07, 6.45) is 3.26. The minimum atomic E-state index is -0.120. The number of furan rings is 1. The predicted molar refractivity (Wildman–Crippen MR) is 109 cm³/mol. The number of hydrogen-bond donors (Lipinski definition) is 2. The average molecular weight is 457 g/mol. The first kappa shape index (κ1) is 18.3. The van der Waals surface area contributed by atoms with Gasteiger partial charge in [0.1, 0.15) is 16.4 Å². The van der Waals surface area contributed by atoms with Crippen LogP contribution in [0.1, 0.15) is 23.5 Å². The van der Waals surface area contributed by atoms with Crippen molar-refractivity contribution in [2.24, 2.45) is 5.73 Å². The van der Waals surface area contributed by atoms with Crippen molar-refractivity contribution in [3.05, 3.63) is 43.8 Å². The molecular weight excluding hydrogens is 438 g/mol. The molecule has 0 aliphatic heterocycles. The van der Waals surface area contributed by atoms with Crippen LogP contribution in [-0.2, 0) is 17.7 Å². The molecule has 0 saturated heterocycles. The van der Waals surface area contributed by atoms with Gasteiger partial charge in [0.2, 0.25) is 0 Å². The van der Waals surface area contributed by atoms with Crippen LogP contribution >= 0.6 is 38.9 Å². The summed E-state index contributed by atoms with van der Waals surface area (Å²) in [5.41, 5.74) is 8.41. The largest absolute Gasteiger partial charge is 0.456 e. The fourth-order valence-electron chi connectivity index (χ4n) is 2.70. The zero-order chi connectivity index (χ0) is 18.1. The Morgan fingerprint density at radius 2 is 2.35 bits per heavy atom. The molecule has 1 saturated carbocycles. The molecule has 26 heavy (non-hydrogen) atoms. The third-order valence-electron chi connectivity index (χ3n) is 4.17. The van der Waals surface area contributed by atoms with E-state index in [1.807, 2.05) is 6.07 Å². The number of ether oxygens (including phenoxy) is 1. The molecule has 0 unspecified atom stereocenters. The SMILES string of the molecule is N[C@@H](COC1CC1)Cc1oc2c(NCc3cccs3)cc(Cl)nc2c1Br. The van der Waals surface area contributed by atoms with E-state index in [1.165, 1.54) is 4.88 Å². The van der Waals surface area contributed by atoms with Crippen molar-refractivity contribution in [3.8, 4) is 0 Å². The van der Waals surface area contributed by atoms with E-state index in [9.17, 15) is 0 Å². The topological polar surface area (TPSA) is 73.3 Å². The highest BCUT2D eigenvalue weighted by Crippen LogP contribution is 2.36. The van der Waals surface area contributed by atoms with E-state index < -0.39 is 0 Å². The maximum atomic E-state index is 6.21. The zero-order valence-electron chi connectivity index (χ0n) is 14.0. The van der Waals surface area contributed by atoms with Crippen LogP contribution in [0, 0.1) is 0 Å². The Balaban J connectivity index is 1.54. The lowest BCUT2D eigenvalue weighted by Gasteiger charge is -2.10. The van der Waals surface area contributed by atoms with Crippen molar-refractivity contribution < 1.29 is 9.15 Å². The second-order valence-corrected chi connectivity index (χ2v) is 8.65. The highest BCUT2D eigenvalue weighted by Gasteiger charge is 2.24. The molecule has 1 fully saturated rings. The first-order valence-corrected chi connectivity index (χ1v) is 10.6. The number of aromatic nitrogens is 1. The first-order valence-electron chi connectivity index (χ1n) is 8.51. The van der Waals surface area contributed by atoms with E-state index >= 15 is 0 Å². The standard InChI is InChI=1S/C18H19BrClN3O2S/c19-16-14(6-10(21)9-24-11-3-4-11)25-18-13(7-15(20)23-17(16)18)22-8-12-2-1-5-26-12/h1-2,5,7,10-11H,3-4,6,8-9,21H2,(H,22,23)/t10-/m1/s1. The summed E-state index contributed by atoms with van der Waals surface area (Å²) in [5, 5.41) is 5.86. The lowest BCUT2D eigenvalue weighted by atomic mass is 10.2. The van der Waals surface area contributed by atoms with Gasteiger partial charge < -0.3 is 20.2 Å². The molecular formula is C18H19BrClN3O2S. The van der Waals surface area contributed by atoms with Crippen molar-refractivity contribution in [1.82, 2.24) is 4.98 Å². The van der Waals surface area contributed by atoms with E-state index in [0.29, 0.717) is 41.9 Å². The van der Waals surface area contributed by atoms with Crippen LogP contribution in [0.2, 0.25) is 5.15 Å². The first-order chi connectivity index (χ1) is 12.6. The van der Waals surface area contributed by atoms with Crippen LogP contribution in [0.5, 0.6) is 0 Å². The minimum absolute atomic E-state index is 0.120. The molecule has 0 spiro atoms. The van der Waals surface area contributed by atoms with Crippen molar-refractivity contribution >= 4 is 55.7 Å². The maximum absolute atomic E-state index is 6.21. The van der Waals surface area contributed by atoms with Crippen molar-refractivity contribution in [1.29, 1.82) is 0 Å². The smallest absolute Gasteiger partial charge is 0.177 e. The lowest BCUT2D eigenvalue weighted by molar-refractivity contribution is 0.105. The molecule has 1 aliphatic rings. The molecule has 0 radical (unpaired) electrons.